The van der Waals surface area contributed by atoms with E-state index in [0.717, 1.165) is 12.2 Å². The zero-order valence-electron chi connectivity index (χ0n) is 8.91. The Bertz CT molecular complexity index is 200. The van der Waals surface area contributed by atoms with Crippen LogP contribution in [0.25, 0.3) is 0 Å². The number of carboxylic acid groups (broad SMARTS) is 1. The molecule has 0 rings (SSSR count). The zero-order valence-corrected chi connectivity index (χ0v) is 9.73. The number of thioether (sulfide) groups is 1. The van der Waals surface area contributed by atoms with Gasteiger partial charge >= 0.3 is 12.0 Å². The van der Waals surface area contributed by atoms with Gasteiger partial charge in [-0.05, 0) is 24.9 Å². The second-order valence-corrected chi connectivity index (χ2v) is 4.01. The van der Waals surface area contributed by atoms with Crippen molar-refractivity contribution in [3.63, 3.8) is 0 Å². The topological polar surface area (TPSA) is 78.4 Å². The Morgan fingerprint density at radius 3 is 2.33 bits per heavy atom. The fourth-order valence-electron chi connectivity index (χ4n) is 0.922. The first-order valence-corrected chi connectivity index (χ1v) is 6.28. The van der Waals surface area contributed by atoms with Crippen molar-refractivity contribution in [3.8, 4) is 0 Å². The molecule has 0 unspecified atom stereocenters. The predicted octanol–water partition coefficient (Wildman–Crippen LogP) is 0.903. The van der Waals surface area contributed by atoms with Crippen LogP contribution in [0.15, 0.2) is 0 Å². The summed E-state index contributed by atoms with van der Waals surface area (Å²) in [7, 11) is 0. The van der Waals surface area contributed by atoms with Crippen LogP contribution in [0, 0.1) is 0 Å². The molecule has 0 saturated carbocycles. The molecule has 0 aliphatic rings. The van der Waals surface area contributed by atoms with Gasteiger partial charge in [0.25, 0.3) is 0 Å². The van der Waals surface area contributed by atoms with Crippen LogP contribution in [0.1, 0.15) is 19.3 Å². The molecule has 5 nitrogen and oxygen atoms in total. The Balaban J connectivity index is 3.22. The fraction of sp³-hybridized carbons (Fsp3) is 0.778. The molecule has 0 heterocycles. The lowest BCUT2D eigenvalue weighted by Crippen LogP contribution is -2.36. The van der Waals surface area contributed by atoms with Crippen molar-refractivity contribution in [2.45, 2.75) is 19.3 Å². The van der Waals surface area contributed by atoms with Crippen LogP contribution >= 0.6 is 11.8 Å². The Morgan fingerprint density at radius 2 is 1.80 bits per heavy atom. The lowest BCUT2D eigenvalue weighted by Gasteiger charge is -2.06. The number of amides is 2. The number of aliphatic carboxylic acids is 1. The van der Waals surface area contributed by atoms with E-state index in [-0.39, 0.29) is 12.5 Å². The van der Waals surface area contributed by atoms with Crippen LogP contribution in [-0.4, -0.2) is 42.2 Å². The number of hydrogen-bond donors (Lipinski definition) is 3. The highest BCUT2D eigenvalue weighted by atomic mass is 32.2. The van der Waals surface area contributed by atoms with Crippen molar-refractivity contribution < 1.29 is 14.7 Å². The summed E-state index contributed by atoms with van der Waals surface area (Å²) in [6.45, 7) is 1.06. The van der Waals surface area contributed by atoms with Gasteiger partial charge in [-0.1, -0.05) is 0 Å². The van der Waals surface area contributed by atoms with Crippen molar-refractivity contribution >= 4 is 23.8 Å². The van der Waals surface area contributed by atoms with Crippen molar-refractivity contribution in [1.29, 1.82) is 0 Å². The van der Waals surface area contributed by atoms with Crippen LogP contribution in [0.2, 0.25) is 0 Å². The number of rotatable bonds is 8. The Hall–Kier alpha value is -0.910. The molecule has 2 amide bonds. The molecule has 0 aliphatic carbocycles. The van der Waals surface area contributed by atoms with E-state index in [4.69, 9.17) is 5.11 Å². The molecule has 0 fully saturated rings. The van der Waals surface area contributed by atoms with E-state index in [1.165, 1.54) is 0 Å². The number of nitrogens with one attached hydrogen (secondary N) is 2. The molecule has 0 spiro atoms. The van der Waals surface area contributed by atoms with Crippen LogP contribution in [0.4, 0.5) is 4.79 Å². The average Bonchev–Trinajstić information content (AvgIpc) is 2.19. The molecule has 0 radical (unpaired) electrons. The highest BCUT2D eigenvalue weighted by Crippen LogP contribution is 1.93. The maximum absolute atomic E-state index is 11.1. The monoisotopic (exact) mass is 234 g/mol. The highest BCUT2D eigenvalue weighted by Gasteiger charge is 1.99. The third-order valence-electron chi connectivity index (χ3n) is 1.66. The first-order valence-electron chi connectivity index (χ1n) is 4.89. The zero-order chi connectivity index (χ0) is 11.5. The number of urea groups is 1. The van der Waals surface area contributed by atoms with Gasteiger partial charge in [0.05, 0.1) is 0 Å². The standard InChI is InChI=1S/C9H18N2O3S/c1-15-7-3-6-11-9(14)10-5-2-4-8(12)13/h2-7H2,1H3,(H,12,13)(H2,10,11,14). The third-order valence-corrected chi connectivity index (χ3v) is 2.36. The first-order chi connectivity index (χ1) is 7.16. The van der Waals surface area contributed by atoms with Gasteiger partial charge in [0.1, 0.15) is 0 Å². The van der Waals surface area contributed by atoms with Gasteiger partial charge < -0.3 is 15.7 Å². The number of hydrogen-bond acceptors (Lipinski definition) is 3. The largest absolute Gasteiger partial charge is 0.481 e. The summed E-state index contributed by atoms with van der Waals surface area (Å²) in [5.74, 6) is 0.191. The lowest BCUT2D eigenvalue weighted by atomic mass is 10.3. The molecular weight excluding hydrogens is 216 g/mol. The Kier molecular flexibility index (Phi) is 9.05. The maximum Gasteiger partial charge on any atom is 0.314 e. The molecule has 0 aromatic carbocycles. The molecule has 0 aliphatic heterocycles. The van der Waals surface area contributed by atoms with Crippen molar-refractivity contribution in [2.75, 3.05) is 25.1 Å². The summed E-state index contributed by atoms with van der Waals surface area (Å²) in [5, 5.41) is 13.6. The summed E-state index contributed by atoms with van der Waals surface area (Å²) >= 11 is 1.74. The van der Waals surface area contributed by atoms with E-state index in [0.29, 0.717) is 19.5 Å². The van der Waals surface area contributed by atoms with E-state index in [1.807, 2.05) is 6.26 Å². The van der Waals surface area contributed by atoms with Crippen LogP contribution in [0.3, 0.4) is 0 Å². The Morgan fingerprint density at radius 1 is 1.20 bits per heavy atom. The lowest BCUT2D eigenvalue weighted by molar-refractivity contribution is -0.137. The summed E-state index contributed by atoms with van der Waals surface area (Å²) < 4.78 is 0. The van der Waals surface area contributed by atoms with E-state index in [9.17, 15) is 9.59 Å². The quantitative estimate of drug-likeness (QED) is 0.545. The van der Waals surface area contributed by atoms with Gasteiger partial charge in [-0.25, -0.2) is 4.79 Å². The molecule has 0 aromatic heterocycles. The molecular formula is C9H18N2O3S. The summed E-state index contributed by atoms with van der Waals surface area (Å²) in [6, 6.07) is -0.221. The minimum absolute atomic E-state index is 0.0900. The summed E-state index contributed by atoms with van der Waals surface area (Å²) in [6.07, 6.45) is 3.52. The van der Waals surface area contributed by atoms with Crippen LogP contribution in [-0.2, 0) is 4.79 Å². The number of carbonyl (C=O) groups excluding carboxylic acids is 1. The number of carbonyl (C=O) groups is 2. The minimum atomic E-state index is -0.836. The number of carboxylic acids is 1. The van der Waals surface area contributed by atoms with Gasteiger partial charge in [0.2, 0.25) is 0 Å². The van der Waals surface area contributed by atoms with E-state index < -0.39 is 5.97 Å². The van der Waals surface area contributed by atoms with E-state index >= 15 is 0 Å². The van der Waals surface area contributed by atoms with Crippen molar-refractivity contribution in [2.24, 2.45) is 0 Å². The SMILES string of the molecule is CSCCCNC(=O)NCCCC(=O)O. The summed E-state index contributed by atoms with van der Waals surface area (Å²) in [4.78, 5) is 21.2. The minimum Gasteiger partial charge on any atom is -0.481 e. The average molecular weight is 234 g/mol. The summed E-state index contributed by atoms with van der Waals surface area (Å²) in [5.41, 5.74) is 0. The smallest absolute Gasteiger partial charge is 0.314 e. The molecule has 0 aromatic rings. The molecule has 6 heteroatoms. The van der Waals surface area contributed by atoms with Crippen LogP contribution < -0.4 is 10.6 Å². The molecule has 0 bridgehead atoms. The predicted molar refractivity (Wildman–Crippen MR) is 61.3 cm³/mol. The second-order valence-electron chi connectivity index (χ2n) is 3.03. The molecule has 0 atom stereocenters. The maximum atomic E-state index is 11.1. The van der Waals surface area contributed by atoms with Crippen molar-refractivity contribution in [1.82, 2.24) is 10.6 Å². The van der Waals surface area contributed by atoms with Crippen LogP contribution in [0.5, 0.6) is 0 Å². The van der Waals surface area contributed by atoms with Gasteiger partial charge in [-0.3, -0.25) is 4.79 Å². The van der Waals surface area contributed by atoms with Gasteiger partial charge in [-0.15, -0.1) is 0 Å². The fourth-order valence-corrected chi connectivity index (χ4v) is 1.36. The third kappa shape index (κ3) is 11.0. The molecule has 88 valence electrons. The van der Waals surface area contributed by atoms with E-state index in [2.05, 4.69) is 10.6 Å². The van der Waals surface area contributed by atoms with Gasteiger partial charge in [0, 0.05) is 19.5 Å². The van der Waals surface area contributed by atoms with Gasteiger partial charge in [-0.2, -0.15) is 11.8 Å². The van der Waals surface area contributed by atoms with E-state index in [1.54, 1.807) is 11.8 Å². The molecule has 15 heavy (non-hydrogen) atoms. The highest BCUT2D eigenvalue weighted by molar-refractivity contribution is 7.98. The van der Waals surface area contributed by atoms with Crippen molar-refractivity contribution in [3.05, 3.63) is 0 Å². The molecule has 0 saturated heterocycles. The normalized spacial score (nSPS) is 9.67. The Labute approximate surface area is 94.0 Å². The van der Waals surface area contributed by atoms with Gasteiger partial charge in [0.15, 0.2) is 0 Å². The second kappa shape index (κ2) is 9.64. The first kappa shape index (κ1) is 14.1. The molecule has 3 N–H and O–H groups in total.